The molecule has 9 heavy (non-hydrogen) atoms. The maximum Gasteiger partial charge on any atom is 0.00725 e. The predicted octanol–water partition coefficient (Wildman–Crippen LogP) is 1.52. The molecule has 52 valence electrons. The summed E-state index contributed by atoms with van der Waals surface area (Å²) < 4.78 is 0. The summed E-state index contributed by atoms with van der Waals surface area (Å²) in [6.45, 7) is 0. The Balaban J connectivity index is 1.94. The first kappa shape index (κ1) is 5.72. The van der Waals surface area contributed by atoms with Crippen LogP contribution >= 0.6 is 0 Å². The molecule has 0 spiro atoms. The minimum Gasteiger partial charge on any atom is -0.327 e. The van der Waals surface area contributed by atoms with E-state index in [9.17, 15) is 0 Å². The van der Waals surface area contributed by atoms with Gasteiger partial charge in [-0.05, 0) is 24.7 Å². The third-order valence-electron chi connectivity index (χ3n) is 3.09. The lowest BCUT2D eigenvalue weighted by molar-refractivity contribution is 0.0835. The molecule has 2 N–H and O–H groups in total. The lowest BCUT2D eigenvalue weighted by Gasteiger charge is -2.46. The molecule has 3 unspecified atom stereocenters. The van der Waals surface area contributed by atoms with E-state index in [1.54, 1.807) is 0 Å². The molecule has 2 fully saturated rings. The van der Waals surface area contributed by atoms with Gasteiger partial charge in [0.2, 0.25) is 0 Å². The Bertz CT molecular complexity index is 109. The van der Waals surface area contributed by atoms with Crippen LogP contribution in [0, 0.1) is 11.8 Å². The van der Waals surface area contributed by atoms with Crippen molar-refractivity contribution < 1.29 is 0 Å². The second-order valence-corrected chi connectivity index (χ2v) is 3.61. The van der Waals surface area contributed by atoms with Gasteiger partial charge < -0.3 is 5.73 Å². The molecule has 0 bridgehead atoms. The van der Waals surface area contributed by atoms with Gasteiger partial charge in [-0.15, -0.1) is 0 Å². The van der Waals surface area contributed by atoms with E-state index in [-0.39, 0.29) is 0 Å². The molecule has 2 aliphatic rings. The van der Waals surface area contributed by atoms with Crippen LogP contribution in [0.15, 0.2) is 0 Å². The van der Waals surface area contributed by atoms with E-state index in [0.717, 1.165) is 11.8 Å². The monoisotopic (exact) mass is 125 g/mol. The summed E-state index contributed by atoms with van der Waals surface area (Å²) in [6.07, 6.45) is 7.12. The molecular formula is C8H15N. The highest BCUT2D eigenvalue weighted by atomic mass is 14.7. The van der Waals surface area contributed by atoms with Crippen molar-refractivity contribution in [2.75, 3.05) is 0 Å². The Morgan fingerprint density at radius 3 is 2.44 bits per heavy atom. The van der Waals surface area contributed by atoms with Crippen molar-refractivity contribution in [3.8, 4) is 0 Å². The highest BCUT2D eigenvalue weighted by Crippen LogP contribution is 2.43. The Morgan fingerprint density at radius 1 is 1.11 bits per heavy atom. The highest BCUT2D eigenvalue weighted by molar-refractivity contribution is 4.93. The summed E-state index contributed by atoms with van der Waals surface area (Å²) in [5, 5.41) is 0. The number of hydrogen-bond donors (Lipinski definition) is 1. The highest BCUT2D eigenvalue weighted by Gasteiger charge is 2.39. The van der Waals surface area contributed by atoms with Crippen molar-refractivity contribution >= 4 is 0 Å². The van der Waals surface area contributed by atoms with E-state index in [1.807, 2.05) is 0 Å². The minimum atomic E-state index is 0.579. The van der Waals surface area contributed by atoms with E-state index < -0.39 is 0 Å². The summed E-state index contributed by atoms with van der Waals surface area (Å²) in [5.74, 6) is 1.97. The zero-order valence-corrected chi connectivity index (χ0v) is 5.84. The van der Waals surface area contributed by atoms with Crippen molar-refractivity contribution in [1.29, 1.82) is 0 Å². The van der Waals surface area contributed by atoms with Crippen LogP contribution in [0.3, 0.4) is 0 Å². The summed E-state index contributed by atoms with van der Waals surface area (Å²) >= 11 is 0. The summed E-state index contributed by atoms with van der Waals surface area (Å²) in [4.78, 5) is 0. The molecule has 0 radical (unpaired) electrons. The Labute approximate surface area is 56.6 Å². The number of hydrogen-bond acceptors (Lipinski definition) is 1. The fraction of sp³-hybridized carbons (Fsp3) is 1.00. The molecule has 0 amide bonds. The van der Waals surface area contributed by atoms with Crippen LogP contribution in [0.1, 0.15) is 32.1 Å². The second-order valence-electron chi connectivity index (χ2n) is 3.61. The maximum absolute atomic E-state index is 5.83. The molecule has 0 aromatic carbocycles. The van der Waals surface area contributed by atoms with Crippen molar-refractivity contribution in [3.63, 3.8) is 0 Å². The van der Waals surface area contributed by atoms with E-state index in [4.69, 9.17) is 5.73 Å². The largest absolute Gasteiger partial charge is 0.327 e. The zero-order chi connectivity index (χ0) is 6.27. The van der Waals surface area contributed by atoms with E-state index in [0.29, 0.717) is 6.04 Å². The topological polar surface area (TPSA) is 26.0 Å². The van der Waals surface area contributed by atoms with E-state index >= 15 is 0 Å². The van der Waals surface area contributed by atoms with Gasteiger partial charge >= 0.3 is 0 Å². The van der Waals surface area contributed by atoms with Gasteiger partial charge in [0.25, 0.3) is 0 Å². The van der Waals surface area contributed by atoms with Crippen LogP contribution in [0.4, 0.5) is 0 Å². The Hall–Kier alpha value is -0.0400. The molecule has 2 aliphatic carbocycles. The number of rotatable bonds is 0. The Kier molecular flexibility index (Phi) is 1.26. The zero-order valence-electron chi connectivity index (χ0n) is 5.84. The maximum atomic E-state index is 5.83. The van der Waals surface area contributed by atoms with Crippen molar-refractivity contribution in [2.24, 2.45) is 17.6 Å². The van der Waals surface area contributed by atoms with Gasteiger partial charge in [-0.25, -0.2) is 0 Å². The average molecular weight is 125 g/mol. The third kappa shape index (κ3) is 0.787. The van der Waals surface area contributed by atoms with Crippen molar-refractivity contribution in [3.05, 3.63) is 0 Å². The normalized spacial score (nSPS) is 49.7. The number of fused-ring (bicyclic) bond motifs is 1. The summed E-state index contributed by atoms with van der Waals surface area (Å²) in [6, 6.07) is 0.579. The smallest absolute Gasteiger partial charge is 0.00725 e. The predicted molar refractivity (Wildman–Crippen MR) is 38.0 cm³/mol. The van der Waals surface area contributed by atoms with Crippen LogP contribution in [0.5, 0.6) is 0 Å². The van der Waals surface area contributed by atoms with Gasteiger partial charge in [-0.1, -0.05) is 19.3 Å². The molecule has 2 rings (SSSR count). The quantitative estimate of drug-likeness (QED) is 0.522. The Morgan fingerprint density at radius 2 is 1.89 bits per heavy atom. The van der Waals surface area contributed by atoms with Gasteiger partial charge in [0, 0.05) is 6.04 Å². The van der Waals surface area contributed by atoms with Crippen LogP contribution in [0.2, 0.25) is 0 Å². The molecule has 0 aromatic heterocycles. The molecular weight excluding hydrogens is 110 g/mol. The average Bonchev–Trinajstić information content (AvgIpc) is 1.86. The molecule has 1 nitrogen and oxygen atoms in total. The fourth-order valence-corrected chi connectivity index (χ4v) is 2.42. The minimum absolute atomic E-state index is 0.579. The van der Waals surface area contributed by atoms with Crippen LogP contribution in [-0.4, -0.2) is 6.04 Å². The lowest BCUT2D eigenvalue weighted by Crippen LogP contribution is -2.48. The standard InChI is InChI=1S/C8H15N/c9-8-5-6-3-1-2-4-7(6)8/h6-8H,1-5,9H2. The SMILES string of the molecule is NC1CC2CCCCC12. The summed E-state index contributed by atoms with van der Waals surface area (Å²) in [5.41, 5.74) is 5.83. The first-order chi connectivity index (χ1) is 4.38. The second kappa shape index (κ2) is 1.98. The van der Waals surface area contributed by atoms with Crippen molar-refractivity contribution in [1.82, 2.24) is 0 Å². The fourth-order valence-electron chi connectivity index (χ4n) is 2.42. The lowest BCUT2D eigenvalue weighted by atomic mass is 9.62. The first-order valence-corrected chi connectivity index (χ1v) is 4.13. The molecule has 0 saturated heterocycles. The third-order valence-corrected chi connectivity index (χ3v) is 3.09. The van der Waals surface area contributed by atoms with Crippen LogP contribution in [-0.2, 0) is 0 Å². The summed E-state index contributed by atoms with van der Waals surface area (Å²) in [7, 11) is 0. The molecule has 2 saturated carbocycles. The molecule has 1 heteroatoms. The van der Waals surface area contributed by atoms with E-state index in [1.165, 1.54) is 32.1 Å². The first-order valence-electron chi connectivity index (χ1n) is 4.13. The van der Waals surface area contributed by atoms with Gasteiger partial charge in [0.15, 0.2) is 0 Å². The number of nitrogens with two attached hydrogens (primary N) is 1. The molecule has 3 atom stereocenters. The molecule has 0 aliphatic heterocycles. The van der Waals surface area contributed by atoms with Crippen molar-refractivity contribution in [2.45, 2.75) is 38.1 Å². The molecule has 0 aromatic rings. The van der Waals surface area contributed by atoms with Crippen LogP contribution < -0.4 is 5.73 Å². The van der Waals surface area contributed by atoms with Crippen LogP contribution in [0.25, 0.3) is 0 Å². The van der Waals surface area contributed by atoms with E-state index in [2.05, 4.69) is 0 Å². The van der Waals surface area contributed by atoms with Gasteiger partial charge in [0.05, 0.1) is 0 Å². The van der Waals surface area contributed by atoms with Gasteiger partial charge in [0.1, 0.15) is 0 Å². The van der Waals surface area contributed by atoms with Gasteiger partial charge in [-0.2, -0.15) is 0 Å². The van der Waals surface area contributed by atoms with Gasteiger partial charge in [-0.3, -0.25) is 0 Å². The molecule has 0 heterocycles.